The van der Waals surface area contributed by atoms with E-state index in [0.29, 0.717) is 59.2 Å². The fourth-order valence-electron chi connectivity index (χ4n) is 4.93. The highest BCUT2D eigenvalue weighted by atomic mass is 35.5. The number of H-pyrrole nitrogens is 1. The number of likely N-dealkylation sites (N-methyl/N-ethyl adjacent to an activating group) is 1. The van der Waals surface area contributed by atoms with Crippen LogP contribution in [0.25, 0.3) is 11.6 Å². The Hall–Kier alpha value is -3.76. The van der Waals surface area contributed by atoms with Crippen LogP contribution in [0, 0.1) is 12.7 Å². The van der Waals surface area contributed by atoms with Gasteiger partial charge in [0.1, 0.15) is 23.8 Å². The average molecular weight is 538 g/mol. The molecule has 2 aromatic heterocycles. The second-order valence-corrected chi connectivity index (χ2v) is 9.71. The van der Waals surface area contributed by atoms with Crippen LogP contribution in [-0.4, -0.2) is 69.3 Å². The van der Waals surface area contributed by atoms with Gasteiger partial charge in [-0.3, -0.25) is 9.59 Å². The third-order valence-electron chi connectivity index (χ3n) is 7.14. The number of anilines is 3. The molecule has 3 aromatic rings. The molecule has 2 aliphatic rings. The predicted molar refractivity (Wildman–Crippen MR) is 146 cm³/mol. The minimum absolute atomic E-state index is 0.00644. The van der Waals surface area contributed by atoms with Gasteiger partial charge >= 0.3 is 0 Å². The second kappa shape index (κ2) is 10.5. The number of aromatic amines is 1. The van der Waals surface area contributed by atoms with Crippen LogP contribution in [0.2, 0.25) is 5.02 Å². The number of rotatable bonds is 8. The zero-order chi connectivity index (χ0) is 27.0. The molecule has 38 heavy (non-hydrogen) atoms. The molecule has 11 heteroatoms. The highest BCUT2D eigenvalue weighted by Gasteiger charge is 2.32. The summed E-state index contributed by atoms with van der Waals surface area (Å²) in [5.74, 6) is -0.129. The van der Waals surface area contributed by atoms with Crippen molar-refractivity contribution in [1.29, 1.82) is 0 Å². The number of aromatic nitrogens is 3. The molecule has 5 rings (SSSR count). The van der Waals surface area contributed by atoms with Crippen molar-refractivity contribution in [3.8, 4) is 0 Å². The van der Waals surface area contributed by atoms with E-state index in [1.165, 1.54) is 24.5 Å². The quantitative estimate of drug-likeness (QED) is 0.366. The monoisotopic (exact) mass is 537 g/mol. The van der Waals surface area contributed by atoms with Crippen molar-refractivity contribution in [2.75, 3.05) is 43.4 Å². The molecule has 0 unspecified atom stereocenters. The fraction of sp³-hybridized carbons (Fsp3) is 0.333. The molecule has 2 aliphatic heterocycles. The van der Waals surface area contributed by atoms with E-state index in [2.05, 4.69) is 44.3 Å². The first-order valence-electron chi connectivity index (χ1n) is 12.6. The highest BCUT2D eigenvalue weighted by Crippen LogP contribution is 2.38. The largest absolute Gasteiger partial charge is 0.358 e. The molecule has 0 atom stereocenters. The maximum Gasteiger partial charge on any atom is 0.257 e. The van der Waals surface area contributed by atoms with E-state index >= 15 is 0 Å². The zero-order valence-electron chi connectivity index (χ0n) is 21.5. The lowest BCUT2D eigenvalue weighted by molar-refractivity contribution is -0.110. The maximum absolute atomic E-state index is 13.6. The SMILES string of the molecule is CCN(CC)CCN1CCc2[nH]c(C=C3C(=O)Nc4ncnc(Nc5ccc(F)c(Cl)c5)c43)c(C)c2C1=O. The van der Waals surface area contributed by atoms with Crippen molar-refractivity contribution < 1.29 is 14.0 Å². The van der Waals surface area contributed by atoms with Gasteiger partial charge in [-0.05, 0) is 49.9 Å². The van der Waals surface area contributed by atoms with Crippen LogP contribution >= 0.6 is 11.6 Å². The maximum atomic E-state index is 13.6. The van der Waals surface area contributed by atoms with Gasteiger partial charge in [0.25, 0.3) is 11.8 Å². The van der Waals surface area contributed by atoms with Crippen molar-refractivity contribution in [1.82, 2.24) is 24.8 Å². The number of amides is 2. The Bertz CT molecular complexity index is 1450. The molecule has 0 radical (unpaired) electrons. The van der Waals surface area contributed by atoms with Gasteiger partial charge in [0.15, 0.2) is 0 Å². The summed E-state index contributed by atoms with van der Waals surface area (Å²) in [6.45, 7) is 10.2. The van der Waals surface area contributed by atoms with E-state index in [4.69, 9.17) is 11.6 Å². The van der Waals surface area contributed by atoms with Crippen LogP contribution in [0.4, 0.5) is 21.7 Å². The molecule has 4 heterocycles. The lowest BCUT2D eigenvalue weighted by Gasteiger charge is -2.29. The van der Waals surface area contributed by atoms with Crippen molar-refractivity contribution in [3.05, 3.63) is 63.4 Å². The molecule has 0 fully saturated rings. The molecule has 198 valence electrons. The Balaban J connectivity index is 1.46. The Morgan fingerprint density at radius 2 is 2.00 bits per heavy atom. The van der Waals surface area contributed by atoms with Crippen LogP contribution in [0.15, 0.2) is 24.5 Å². The molecule has 2 amide bonds. The molecule has 3 N–H and O–H groups in total. The number of carbonyl (C=O) groups excluding carboxylic acids is 2. The number of benzene rings is 1. The minimum Gasteiger partial charge on any atom is -0.358 e. The van der Waals surface area contributed by atoms with Crippen LogP contribution < -0.4 is 10.6 Å². The summed E-state index contributed by atoms with van der Waals surface area (Å²) in [6.07, 6.45) is 3.78. The van der Waals surface area contributed by atoms with Gasteiger partial charge in [0.2, 0.25) is 0 Å². The van der Waals surface area contributed by atoms with Gasteiger partial charge in [0.05, 0.1) is 21.7 Å². The number of hydrogen-bond acceptors (Lipinski definition) is 6. The summed E-state index contributed by atoms with van der Waals surface area (Å²) in [5.41, 5.74) is 4.37. The molecule has 9 nitrogen and oxygen atoms in total. The summed E-state index contributed by atoms with van der Waals surface area (Å²) in [6, 6.07) is 4.23. The molecular formula is C27H29ClFN7O2. The Kier molecular flexibility index (Phi) is 7.18. The van der Waals surface area contributed by atoms with Crippen LogP contribution in [0.5, 0.6) is 0 Å². The van der Waals surface area contributed by atoms with E-state index in [1.807, 2.05) is 11.8 Å². The standard InChI is InChI=1S/C27H29ClFN7O2/c1-4-35(5-2)10-11-36-9-8-20-22(27(36)38)15(3)21(33-20)13-17-23-24(30-14-31-25(23)34-26(17)37)32-16-6-7-19(29)18(28)12-16/h6-7,12-14,33H,4-5,8-11H2,1-3H3,(H2,30,31,32,34,37). The van der Waals surface area contributed by atoms with E-state index < -0.39 is 5.82 Å². The van der Waals surface area contributed by atoms with E-state index in [-0.39, 0.29) is 16.8 Å². The van der Waals surface area contributed by atoms with Crippen LogP contribution in [0.3, 0.4) is 0 Å². The molecule has 0 saturated carbocycles. The van der Waals surface area contributed by atoms with Crippen molar-refractivity contribution in [2.45, 2.75) is 27.2 Å². The minimum atomic E-state index is -0.532. The van der Waals surface area contributed by atoms with Crippen molar-refractivity contribution >= 4 is 52.4 Å². The van der Waals surface area contributed by atoms with E-state index in [1.54, 1.807) is 6.08 Å². The summed E-state index contributed by atoms with van der Waals surface area (Å²) in [7, 11) is 0. The summed E-state index contributed by atoms with van der Waals surface area (Å²) in [4.78, 5) is 42.4. The number of nitrogens with zero attached hydrogens (tertiary/aromatic N) is 4. The first-order chi connectivity index (χ1) is 18.3. The summed E-state index contributed by atoms with van der Waals surface area (Å²) in [5, 5.41) is 5.85. The molecule has 0 bridgehead atoms. The number of halogens is 2. The van der Waals surface area contributed by atoms with Gasteiger partial charge < -0.3 is 25.4 Å². The van der Waals surface area contributed by atoms with E-state index in [0.717, 1.165) is 30.9 Å². The first-order valence-corrected chi connectivity index (χ1v) is 13.0. The van der Waals surface area contributed by atoms with Crippen LogP contribution in [0.1, 0.15) is 46.7 Å². The van der Waals surface area contributed by atoms with Gasteiger partial charge in [-0.2, -0.15) is 0 Å². The third kappa shape index (κ3) is 4.77. The Labute approximate surface area is 225 Å². The molecular weight excluding hydrogens is 509 g/mol. The molecule has 0 saturated heterocycles. The van der Waals surface area contributed by atoms with Gasteiger partial charge in [-0.15, -0.1) is 0 Å². The van der Waals surface area contributed by atoms with Crippen molar-refractivity contribution in [2.24, 2.45) is 0 Å². The van der Waals surface area contributed by atoms with E-state index in [9.17, 15) is 14.0 Å². The van der Waals surface area contributed by atoms with Crippen molar-refractivity contribution in [3.63, 3.8) is 0 Å². The summed E-state index contributed by atoms with van der Waals surface area (Å²) >= 11 is 5.93. The normalized spacial score (nSPS) is 15.7. The van der Waals surface area contributed by atoms with Crippen LogP contribution in [-0.2, 0) is 11.2 Å². The number of carbonyl (C=O) groups is 2. The smallest absolute Gasteiger partial charge is 0.257 e. The predicted octanol–water partition coefficient (Wildman–Crippen LogP) is 4.48. The number of hydrogen-bond donors (Lipinski definition) is 3. The first kappa shape index (κ1) is 25.9. The lowest BCUT2D eigenvalue weighted by Crippen LogP contribution is -2.42. The Morgan fingerprint density at radius 3 is 2.74 bits per heavy atom. The molecule has 0 spiro atoms. The number of nitrogens with one attached hydrogen (secondary N) is 3. The molecule has 0 aliphatic carbocycles. The molecule has 1 aromatic carbocycles. The zero-order valence-corrected chi connectivity index (χ0v) is 22.2. The van der Waals surface area contributed by atoms with Gasteiger partial charge in [-0.1, -0.05) is 25.4 Å². The van der Waals surface area contributed by atoms with Gasteiger partial charge in [0, 0.05) is 43.1 Å². The van der Waals surface area contributed by atoms with Gasteiger partial charge in [-0.25, -0.2) is 14.4 Å². The summed E-state index contributed by atoms with van der Waals surface area (Å²) < 4.78 is 13.6. The average Bonchev–Trinajstić information content (AvgIpc) is 3.40. The number of fused-ring (bicyclic) bond motifs is 2. The lowest BCUT2D eigenvalue weighted by atomic mass is 10.0. The second-order valence-electron chi connectivity index (χ2n) is 9.30. The fourth-order valence-corrected chi connectivity index (χ4v) is 5.11. The Morgan fingerprint density at radius 1 is 1.21 bits per heavy atom. The third-order valence-corrected chi connectivity index (χ3v) is 7.43. The highest BCUT2D eigenvalue weighted by molar-refractivity contribution is 6.35. The topological polar surface area (TPSA) is 106 Å².